The molecule has 1 aromatic rings. The smallest absolute Gasteiger partial charge is 0.0974 e. The Bertz CT molecular complexity index is 285. The van der Waals surface area contributed by atoms with Gasteiger partial charge in [-0.3, -0.25) is 0 Å². The van der Waals surface area contributed by atoms with Crippen LogP contribution in [0.2, 0.25) is 0 Å². The molecule has 0 amide bonds. The highest BCUT2D eigenvalue weighted by Gasteiger charge is 2.15. The molecule has 1 aromatic heterocycles. The van der Waals surface area contributed by atoms with E-state index in [2.05, 4.69) is 0 Å². The summed E-state index contributed by atoms with van der Waals surface area (Å²) in [5.74, 6) is 0. The molecule has 1 heterocycles. The van der Waals surface area contributed by atoms with Crippen molar-refractivity contribution in [1.82, 2.24) is 0 Å². The van der Waals surface area contributed by atoms with E-state index in [0.29, 0.717) is 0 Å². The minimum absolute atomic E-state index is 0.233. The maximum absolute atomic E-state index is 9.67. The molecule has 1 saturated carbocycles. The highest BCUT2D eigenvalue weighted by molar-refractivity contribution is 5.52. The molecule has 2 heteroatoms. The first-order valence-corrected chi connectivity index (χ1v) is 4.77. The van der Waals surface area contributed by atoms with E-state index >= 15 is 0 Å². The van der Waals surface area contributed by atoms with E-state index in [0.717, 1.165) is 30.4 Å². The van der Waals surface area contributed by atoms with Crippen molar-refractivity contribution < 1.29 is 9.52 Å². The van der Waals surface area contributed by atoms with E-state index in [1.807, 2.05) is 12.1 Å². The first-order valence-electron chi connectivity index (χ1n) is 4.77. The average molecular weight is 178 g/mol. The van der Waals surface area contributed by atoms with E-state index in [1.54, 1.807) is 12.5 Å². The van der Waals surface area contributed by atoms with Gasteiger partial charge < -0.3 is 9.52 Å². The predicted octanol–water partition coefficient (Wildman–Crippen LogP) is 2.60. The first-order chi connectivity index (χ1) is 6.36. The lowest BCUT2D eigenvalue weighted by Gasteiger charge is -2.20. The van der Waals surface area contributed by atoms with Crippen LogP contribution in [0.3, 0.4) is 0 Å². The van der Waals surface area contributed by atoms with Crippen molar-refractivity contribution >= 4 is 6.08 Å². The van der Waals surface area contributed by atoms with E-state index in [1.165, 1.54) is 6.42 Å². The van der Waals surface area contributed by atoms with Crippen molar-refractivity contribution in [2.75, 3.05) is 0 Å². The topological polar surface area (TPSA) is 33.4 Å². The molecule has 0 saturated heterocycles. The zero-order chi connectivity index (χ0) is 9.10. The molecular weight excluding hydrogens is 164 g/mol. The van der Waals surface area contributed by atoms with Gasteiger partial charge in [0.2, 0.25) is 0 Å². The average Bonchev–Trinajstić information content (AvgIpc) is 2.61. The van der Waals surface area contributed by atoms with Gasteiger partial charge in [-0.25, -0.2) is 0 Å². The number of hydrogen-bond acceptors (Lipinski definition) is 2. The summed E-state index contributed by atoms with van der Waals surface area (Å²) in [5, 5.41) is 9.67. The van der Waals surface area contributed by atoms with Crippen molar-refractivity contribution in [2.24, 2.45) is 0 Å². The molecule has 1 aliphatic carbocycles. The standard InChI is InChI=1S/C11H14O2/c12-11-4-2-1-3-10(11)7-9-5-6-13-8-9/h5-8,11-12H,1-4H2/b10-7+/t11-/m1/s1. The van der Waals surface area contributed by atoms with Crippen LogP contribution in [0.15, 0.2) is 28.6 Å². The quantitative estimate of drug-likeness (QED) is 0.717. The molecule has 2 nitrogen and oxygen atoms in total. The predicted molar refractivity (Wildman–Crippen MR) is 51.2 cm³/mol. The summed E-state index contributed by atoms with van der Waals surface area (Å²) in [6.45, 7) is 0. The molecule has 0 bridgehead atoms. The lowest BCUT2D eigenvalue weighted by molar-refractivity contribution is 0.180. The van der Waals surface area contributed by atoms with Crippen LogP contribution in [0.4, 0.5) is 0 Å². The number of aliphatic hydroxyl groups is 1. The van der Waals surface area contributed by atoms with Crippen LogP contribution in [0.25, 0.3) is 6.08 Å². The molecule has 1 fully saturated rings. The van der Waals surface area contributed by atoms with E-state index in [4.69, 9.17) is 4.42 Å². The molecule has 0 aliphatic heterocycles. The maximum Gasteiger partial charge on any atom is 0.0974 e. The monoisotopic (exact) mass is 178 g/mol. The summed E-state index contributed by atoms with van der Waals surface area (Å²) < 4.78 is 4.97. The second-order valence-corrected chi connectivity index (χ2v) is 3.54. The third-order valence-corrected chi connectivity index (χ3v) is 2.52. The van der Waals surface area contributed by atoms with Crippen molar-refractivity contribution in [3.05, 3.63) is 29.7 Å². The van der Waals surface area contributed by atoms with Gasteiger partial charge in [-0.2, -0.15) is 0 Å². The van der Waals surface area contributed by atoms with Crippen LogP contribution in [-0.2, 0) is 0 Å². The Hall–Kier alpha value is -1.02. The highest BCUT2D eigenvalue weighted by Crippen LogP contribution is 2.25. The molecule has 1 aliphatic rings. The summed E-state index contributed by atoms with van der Waals surface area (Å²) in [5.41, 5.74) is 2.20. The molecule has 1 N–H and O–H groups in total. The van der Waals surface area contributed by atoms with Gasteiger partial charge in [0.25, 0.3) is 0 Å². The van der Waals surface area contributed by atoms with Gasteiger partial charge in [0.1, 0.15) is 0 Å². The zero-order valence-corrected chi connectivity index (χ0v) is 7.57. The molecule has 1 atom stereocenters. The zero-order valence-electron chi connectivity index (χ0n) is 7.57. The van der Waals surface area contributed by atoms with Crippen LogP contribution in [0.5, 0.6) is 0 Å². The molecule has 0 aromatic carbocycles. The van der Waals surface area contributed by atoms with Crippen LogP contribution >= 0.6 is 0 Å². The Kier molecular flexibility index (Phi) is 2.50. The first kappa shape index (κ1) is 8.57. The fourth-order valence-corrected chi connectivity index (χ4v) is 1.76. The van der Waals surface area contributed by atoms with Gasteiger partial charge >= 0.3 is 0 Å². The van der Waals surface area contributed by atoms with Crippen LogP contribution in [-0.4, -0.2) is 11.2 Å². The van der Waals surface area contributed by atoms with Crippen molar-refractivity contribution in [3.8, 4) is 0 Å². The summed E-state index contributed by atoms with van der Waals surface area (Å²) in [7, 11) is 0. The molecule has 13 heavy (non-hydrogen) atoms. The third kappa shape index (κ3) is 2.01. The lowest BCUT2D eigenvalue weighted by atomic mass is 9.91. The summed E-state index contributed by atoms with van der Waals surface area (Å²) in [6.07, 6.45) is 9.42. The van der Waals surface area contributed by atoms with E-state index in [-0.39, 0.29) is 6.10 Å². The van der Waals surface area contributed by atoms with E-state index < -0.39 is 0 Å². The minimum atomic E-state index is -0.233. The van der Waals surface area contributed by atoms with Gasteiger partial charge in [-0.05, 0) is 37.0 Å². The number of aliphatic hydroxyl groups excluding tert-OH is 1. The minimum Gasteiger partial charge on any atom is -0.472 e. The normalized spacial score (nSPS) is 26.5. The SMILES string of the molecule is O[C@@H]1CCCC/C1=C\c1ccoc1. The molecule has 0 radical (unpaired) electrons. The Morgan fingerprint density at radius 1 is 1.46 bits per heavy atom. The van der Waals surface area contributed by atoms with Gasteiger partial charge in [-0.1, -0.05) is 6.42 Å². The van der Waals surface area contributed by atoms with Crippen LogP contribution < -0.4 is 0 Å². The number of hydrogen-bond donors (Lipinski definition) is 1. The van der Waals surface area contributed by atoms with E-state index in [9.17, 15) is 5.11 Å². The largest absolute Gasteiger partial charge is 0.472 e. The fourth-order valence-electron chi connectivity index (χ4n) is 1.76. The molecule has 0 unspecified atom stereocenters. The van der Waals surface area contributed by atoms with Crippen molar-refractivity contribution in [1.29, 1.82) is 0 Å². The van der Waals surface area contributed by atoms with Gasteiger partial charge in [0, 0.05) is 5.56 Å². The number of rotatable bonds is 1. The summed E-state index contributed by atoms with van der Waals surface area (Å²) in [4.78, 5) is 0. The Labute approximate surface area is 77.9 Å². The molecule has 70 valence electrons. The second kappa shape index (κ2) is 3.79. The number of furan rings is 1. The Morgan fingerprint density at radius 2 is 2.38 bits per heavy atom. The Morgan fingerprint density at radius 3 is 3.08 bits per heavy atom. The molecular formula is C11H14O2. The lowest BCUT2D eigenvalue weighted by Crippen LogP contribution is -2.14. The second-order valence-electron chi connectivity index (χ2n) is 3.54. The van der Waals surface area contributed by atoms with Crippen LogP contribution in [0, 0.1) is 0 Å². The highest BCUT2D eigenvalue weighted by atomic mass is 16.3. The molecule has 0 spiro atoms. The van der Waals surface area contributed by atoms with Gasteiger partial charge in [0.05, 0.1) is 18.6 Å². The van der Waals surface area contributed by atoms with Gasteiger partial charge in [0.15, 0.2) is 0 Å². The summed E-state index contributed by atoms with van der Waals surface area (Å²) >= 11 is 0. The molecule has 2 rings (SSSR count). The van der Waals surface area contributed by atoms with Crippen molar-refractivity contribution in [2.45, 2.75) is 31.8 Å². The Balaban J connectivity index is 2.14. The summed E-state index contributed by atoms with van der Waals surface area (Å²) in [6, 6.07) is 1.91. The third-order valence-electron chi connectivity index (χ3n) is 2.52. The van der Waals surface area contributed by atoms with Crippen molar-refractivity contribution in [3.63, 3.8) is 0 Å². The van der Waals surface area contributed by atoms with Gasteiger partial charge in [-0.15, -0.1) is 0 Å². The van der Waals surface area contributed by atoms with Crippen LogP contribution in [0.1, 0.15) is 31.2 Å². The fraction of sp³-hybridized carbons (Fsp3) is 0.455. The maximum atomic E-state index is 9.67.